The number of likely N-dealkylation sites (tertiary alicyclic amines) is 1. The Balaban J connectivity index is 1.47. The summed E-state index contributed by atoms with van der Waals surface area (Å²) in [5.74, 6) is 1.46. The monoisotopic (exact) mass is 398 g/mol. The minimum atomic E-state index is 0.651. The van der Waals surface area contributed by atoms with Crippen LogP contribution in [0.3, 0.4) is 0 Å². The SMILES string of the molecule is Cn1c(-c2ccccc2Cl)nn(CN2CCC(c3ccccc3)CC2)c1=S. The predicted octanol–water partition coefficient (Wildman–Crippen LogP) is 5.11. The van der Waals surface area contributed by atoms with Gasteiger partial charge in [-0.1, -0.05) is 54.1 Å². The number of hydrogen-bond donors (Lipinski definition) is 0. The van der Waals surface area contributed by atoms with Gasteiger partial charge >= 0.3 is 0 Å². The van der Waals surface area contributed by atoms with Gasteiger partial charge in [0.2, 0.25) is 0 Å². The van der Waals surface area contributed by atoms with Gasteiger partial charge in [-0.25, -0.2) is 4.68 Å². The van der Waals surface area contributed by atoms with Gasteiger partial charge in [-0.05, 0) is 48.7 Å². The van der Waals surface area contributed by atoms with E-state index in [-0.39, 0.29) is 0 Å². The number of nitrogens with zero attached hydrogens (tertiary/aromatic N) is 4. The van der Waals surface area contributed by atoms with Crippen LogP contribution in [0.25, 0.3) is 11.4 Å². The highest BCUT2D eigenvalue weighted by atomic mass is 35.5. The van der Waals surface area contributed by atoms with E-state index in [0.29, 0.717) is 10.9 Å². The fraction of sp³-hybridized carbons (Fsp3) is 0.333. The van der Waals surface area contributed by atoms with Gasteiger partial charge in [0.05, 0.1) is 11.7 Å². The van der Waals surface area contributed by atoms with Gasteiger partial charge < -0.3 is 4.57 Å². The lowest BCUT2D eigenvalue weighted by atomic mass is 9.90. The summed E-state index contributed by atoms with van der Waals surface area (Å²) in [6.45, 7) is 2.83. The summed E-state index contributed by atoms with van der Waals surface area (Å²) in [6, 6.07) is 18.6. The van der Waals surface area contributed by atoms with E-state index in [4.69, 9.17) is 28.9 Å². The molecule has 6 heteroatoms. The molecular weight excluding hydrogens is 376 g/mol. The third-order valence-corrected chi connectivity index (χ3v) is 6.16. The predicted molar refractivity (Wildman–Crippen MR) is 112 cm³/mol. The van der Waals surface area contributed by atoms with Crippen LogP contribution in [0.4, 0.5) is 0 Å². The summed E-state index contributed by atoms with van der Waals surface area (Å²) in [6.07, 6.45) is 2.34. The largest absolute Gasteiger partial charge is 0.303 e. The zero-order valence-electron chi connectivity index (χ0n) is 15.4. The van der Waals surface area contributed by atoms with Crippen LogP contribution in [0.5, 0.6) is 0 Å². The Labute approximate surface area is 170 Å². The summed E-state index contributed by atoms with van der Waals surface area (Å²) in [4.78, 5) is 2.43. The van der Waals surface area contributed by atoms with E-state index in [1.807, 2.05) is 40.6 Å². The van der Waals surface area contributed by atoms with Crippen LogP contribution in [-0.4, -0.2) is 32.3 Å². The second kappa shape index (κ2) is 7.97. The molecular formula is C21H23ClN4S. The molecule has 140 valence electrons. The normalized spacial score (nSPS) is 15.9. The molecule has 3 aromatic rings. The highest BCUT2D eigenvalue weighted by Gasteiger charge is 2.22. The van der Waals surface area contributed by atoms with Crippen molar-refractivity contribution < 1.29 is 0 Å². The zero-order valence-corrected chi connectivity index (χ0v) is 17.0. The minimum Gasteiger partial charge on any atom is -0.303 e. The van der Waals surface area contributed by atoms with Crippen molar-refractivity contribution in [1.82, 2.24) is 19.2 Å². The summed E-state index contributed by atoms with van der Waals surface area (Å²) in [5, 5.41) is 5.45. The van der Waals surface area contributed by atoms with Crippen LogP contribution >= 0.6 is 23.8 Å². The van der Waals surface area contributed by atoms with Crippen molar-refractivity contribution in [2.24, 2.45) is 7.05 Å². The van der Waals surface area contributed by atoms with Crippen LogP contribution in [0.15, 0.2) is 54.6 Å². The molecule has 0 atom stereocenters. The minimum absolute atomic E-state index is 0.651. The van der Waals surface area contributed by atoms with Crippen LogP contribution in [-0.2, 0) is 13.7 Å². The molecule has 0 spiro atoms. The fourth-order valence-electron chi connectivity index (χ4n) is 3.78. The molecule has 1 aliphatic heterocycles. The van der Waals surface area contributed by atoms with E-state index in [0.717, 1.165) is 35.9 Å². The molecule has 1 saturated heterocycles. The van der Waals surface area contributed by atoms with Gasteiger partial charge in [0.1, 0.15) is 0 Å². The van der Waals surface area contributed by atoms with Gasteiger partial charge in [-0.15, -0.1) is 0 Å². The zero-order chi connectivity index (χ0) is 18.8. The van der Waals surface area contributed by atoms with E-state index < -0.39 is 0 Å². The molecule has 1 aromatic heterocycles. The van der Waals surface area contributed by atoms with Crippen molar-refractivity contribution in [3.05, 3.63) is 70.0 Å². The van der Waals surface area contributed by atoms with Gasteiger partial charge in [-0.2, -0.15) is 5.10 Å². The Bertz CT molecular complexity index is 971. The van der Waals surface area contributed by atoms with Crippen LogP contribution < -0.4 is 0 Å². The fourth-order valence-corrected chi connectivity index (χ4v) is 4.18. The second-order valence-corrected chi connectivity index (χ2v) is 7.86. The molecule has 4 nitrogen and oxygen atoms in total. The first kappa shape index (κ1) is 18.4. The molecule has 0 saturated carbocycles. The number of hydrogen-bond acceptors (Lipinski definition) is 3. The molecule has 0 unspecified atom stereocenters. The van der Waals surface area contributed by atoms with Crippen LogP contribution in [0.1, 0.15) is 24.3 Å². The number of rotatable bonds is 4. The molecule has 0 aliphatic carbocycles. The number of aromatic nitrogens is 3. The standard InChI is InChI=1S/C21H23ClN4S/c1-24-20(18-9-5-6-10-19(18)22)23-26(21(24)27)15-25-13-11-17(12-14-25)16-7-3-2-4-8-16/h2-10,17H,11-15H2,1H3. The van der Waals surface area contributed by atoms with Gasteiger partial charge in [0.25, 0.3) is 0 Å². The summed E-state index contributed by atoms with van der Waals surface area (Å²) in [5.41, 5.74) is 2.36. The molecule has 0 N–H and O–H groups in total. The maximum absolute atomic E-state index is 6.35. The Morgan fingerprint density at radius 2 is 1.70 bits per heavy atom. The van der Waals surface area contributed by atoms with Crippen molar-refractivity contribution in [1.29, 1.82) is 0 Å². The smallest absolute Gasteiger partial charge is 0.199 e. The summed E-state index contributed by atoms with van der Waals surface area (Å²) >= 11 is 12.0. The topological polar surface area (TPSA) is 26.0 Å². The van der Waals surface area contributed by atoms with Crippen LogP contribution in [0, 0.1) is 4.77 Å². The maximum atomic E-state index is 6.35. The third kappa shape index (κ3) is 3.86. The number of piperidine rings is 1. The van der Waals surface area contributed by atoms with Gasteiger partial charge in [0.15, 0.2) is 10.6 Å². The van der Waals surface area contributed by atoms with Crippen molar-refractivity contribution in [3.8, 4) is 11.4 Å². The molecule has 1 aliphatic rings. The number of benzene rings is 2. The molecule has 2 heterocycles. The lowest BCUT2D eigenvalue weighted by Crippen LogP contribution is -2.34. The highest BCUT2D eigenvalue weighted by Crippen LogP contribution is 2.29. The highest BCUT2D eigenvalue weighted by molar-refractivity contribution is 7.71. The average Bonchev–Trinajstić information content (AvgIpc) is 2.98. The van der Waals surface area contributed by atoms with E-state index in [1.165, 1.54) is 18.4 Å². The first-order valence-electron chi connectivity index (χ1n) is 9.29. The maximum Gasteiger partial charge on any atom is 0.199 e. The second-order valence-electron chi connectivity index (χ2n) is 7.09. The van der Waals surface area contributed by atoms with Gasteiger partial charge in [-0.3, -0.25) is 4.90 Å². The Morgan fingerprint density at radius 3 is 2.41 bits per heavy atom. The molecule has 1 fully saturated rings. The first-order chi connectivity index (χ1) is 13.1. The summed E-state index contributed by atoms with van der Waals surface area (Å²) < 4.78 is 4.57. The molecule has 2 aromatic carbocycles. The Hall–Kier alpha value is -1.95. The van der Waals surface area contributed by atoms with Crippen molar-refractivity contribution in [3.63, 3.8) is 0 Å². The van der Waals surface area contributed by atoms with Crippen molar-refractivity contribution in [2.75, 3.05) is 13.1 Å². The first-order valence-corrected chi connectivity index (χ1v) is 10.1. The van der Waals surface area contributed by atoms with E-state index >= 15 is 0 Å². The molecule has 27 heavy (non-hydrogen) atoms. The van der Waals surface area contributed by atoms with E-state index in [2.05, 4.69) is 35.2 Å². The molecule has 0 radical (unpaired) electrons. The average molecular weight is 399 g/mol. The van der Waals surface area contributed by atoms with Crippen LogP contribution in [0.2, 0.25) is 5.02 Å². The van der Waals surface area contributed by atoms with Crippen molar-refractivity contribution in [2.45, 2.75) is 25.4 Å². The third-order valence-electron chi connectivity index (χ3n) is 5.35. The quantitative estimate of drug-likeness (QED) is 0.571. The van der Waals surface area contributed by atoms with E-state index in [9.17, 15) is 0 Å². The Morgan fingerprint density at radius 1 is 1.04 bits per heavy atom. The number of halogens is 1. The molecule has 0 bridgehead atoms. The van der Waals surface area contributed by atoms with Gasteiger partial charge in [0, 0.05) is 25.7 Å². The summed E-state index contributed by atoms with van der Waals surface area (Å²) in [7, 11) is 1.95. The van der Waals surface area contributed by atoms with E-state index in [1.54, 1.807) is 0 Å². The molecule has 4 rings (SSSR count). The molecule has 0 amide bonds. The lowest BCUT2D eigenvalue weighted by Gasteiger charge is -2.31. The van der Waals surface area contributed by atoms with Crippen molar-refractivity contribution >= 4 is 23.8 Å². The lowest BCUT2D eigenvalue weighted by molar-refractivity contribution is 0.160. The Kier molecular flexibility index (Phi) is 5.43.